The van der Waals surface area contributed by atoms with Gasteiger partial charge >= 0.3 is 5.97 Å². The summed E-state index contributed by atoms with van der Waals surface area (Å²) in [6.07, 6.45) is 2.50. The monoisotopic (exact) mass is 287 g/mol. The molecule has 20 heavy (non-hydrogen) atoms. The highest BCUT2D eigenvalue weighted by Gasteiger charge is 2.14. The molecule has 1 unspecified atom stereocenters. The number of carboxylic acid groups (broad SMARTS) is 1. The molecule has 0 aliphatic rings. The number of amides is 1. The van der Waals surface area contributed by atoms with Crippen molar-refractivity contribution in [3.8, 4) is 0 Å². The van der Waals surface area contributed by atoms with Crippen LogP contribution in [-0.2, 0) is 14.4 Å². The minimum atomic E-state index is -0.970. The summed E-state index contributed by atoms with van der Waals surface area (Å²) < 4.78 is 0. The maximum absolute atomic E-state index is 11.5. The molecule has 0 aliphatic heterocycles. The molecule has 0 fully saturated rings. The fraction of sp³-hybridized carbons (Fsp3) is 0.769. The lowest BCUT2D eigenvalue weighted by molar-refractivity contribution is -0.137. The molecule has 0 rings (SSSR count). The van der Waals surface area contributed by atoms with Gasteiger partial charge in [-0.25, -0.2) is 0 Å². The van der Waals surface area contributed by atoms with Crippen LogP contribution in [0.3, 0.4) is 0 Å². The molecule has 0 bridgehead atoms. The van der Waals surface area contributed by atoms with Crippen LogP contribution < -0.4 is 16.8 Å². The Bertz CT molecular complexity index is 334. The van der Waals surface area contributed by atoms with Crippen LogP contribution in [0.25, 0.3) is 0 Å². The van der Waals surface area contributed by atoms with E-state index in [4.69, 9.17) is 16.6 Å². The van der Waals surface area contributed by atoms with Gasteiger partial charge in [0.2, 0.25) is 5.91 Å². The van der Waals surface area contributed by atoms with Crippen molar-refractivity contribution in [3.05, 3.63) is 0 Å². The van der Waals surface area contributed by atoms with E-state index in [0.717, 1.165) is 6.42 Å². The molecule has 0 saturated carbocycles. The molecule has 0 spiro atoms. The van der Waals surface area contributed by atoms with Gasteiger partial charge in [0.05, 0.1) is 12.1 Å². The van der Waals surface area contributed by atoms with Crippen molar-refractivity contribution in [1.82, 2.24) is 5.32 Å². The Balaban J connectivity index is 3.66. The second-order valence-corrected chi connectivity index (χ2v) is 4.75. The van der Waals surface area contributed by atoms with Gasteiger partial charge in [0.15, 0.2) is 0 Å². The number of carbonyl (C=O) groups excluding carboxylic acids is 2. The van der Waals surface area contributed by atoms with Gasteiger partial charge < -0.3 is 21.9 Å². The molecule has 6 N–H and O–H groups in total. The molecule has 116 valence electrons. The summed E-state index contributed by atoms with van der Waals surface area (Å²) in [5, 5.41) is 11.1. The Labute approximate surface area is 119 Å². The maximum Gasteiger partial charge on any atom is 0.303 e. The molecule has 2 atom stereocenters. The molecular formula is C13H25N3O4. The molecule has 7 nitrogen and oxygen atoms in total. The molecule has 0 aliphatic carbocycles. The summed E-state index contributed by atoms with van der Waals surface area (Å²) >= 11 is 0. The first-order chi connectivity index (χ1) is 9.38. The highest BCUT2D eigenvalue weighted by atomic mass is 16.4. The summed E-state index contributed by atoms with van der Waals surface area (Å²) in [6.45, 7) is 2.23. The third-order valence-electron chi connectivity index (χ3n) is 3.01. The van der Waals surface area contributed by atoms with Crippen LogP contribution in [-0.4, -0.2) is 41.4 Å². The molecule has 0 radical (unpaired) electrons. The van der Waals surface area contributed by atoms with E-state index < -0.39 is 18.1 Å². The van der Waals surface area contributed by atoms with Gasteiger partial charge in [0, 0.05) is 19.4 Å². The number of ketones is 1. The van der Waals surface area contributed by atoms with E-state index in [1.807, 2.05) is 0 Å². The van der Waals surface area contributed by atoms with E-state index in [1.165, 1.54) is 0 Å². The molecular weight excluding hydrogens is 262 g/mol. The van der Waals surface area contributed by atoms with Gasteiger partial charge in [-0.3, -0.25) is 14.4 Å². The van der Waals surface area contributed by atoms with Crippen LogP contribution >= 0.6 is 0 Å². The van der Waals surface area contributed by atoms with Crippen LogP contribution in [0.2, 0.25) is 0 Å². The van der Waals surface area contributed by atoms with E-state index in [1.54, 1.807) is 6.92 Å². The standard InChI is InChI=1S/C13H25N3O4/c1-2-11(17)9(14)5-3-4-8-16-13(20)10(15)6-7-12(18)19/h9-10H,2-8,14-15H2,1H3,(H,16,20)(H,18,19)/t9?,10-/m0/s1. The summed E-state index contributed by atoms with van der Waals surface area (Å²) in [4.78, 5) is 33.1. The lowest BCUT2D eigenvalue weighted by Crippen LogP contribution is -2.41. The van der Waals surface area contributed by atoms with E-state index in [0.29, 0.717) is 25.8 Å². The van der Waals surface area contributed by atoms with Crippen molar-refractivity contribution < 1.29 is 19.5 Å². The van der Waals surface area contributed by atoms with Crippen LogP contribution in [0.4, 0.5) is 0 Å². The van der Waals surface area contributed by atoms with Crippen molar-refractivity contribution in [1.29, 1.82) is 0 Å². The van der Waals surface area contributed by atoms with Crippen LogP contribution in [0.15, 0.2) is 0 Å². The smallest absolute Gasteiger partial charge is 0.303 e. The number of hydrogen-bond acceptors (Lipinski definition) is 5. The predicted octanol–water partition coefficient (Wildman–Crippen LogP) is -0.229. The average molecular weight is 287 g/mol. The van der Waals surface area contributed by atoms with Crippen molar-refractivity contribution in [2.45, 2.75) is 57.5 Å². The normalized spacial score (nSPS) is 13.6. The van der Waals surface area contributed by atoms with E-state index in [9.17, 15) is 14.4 Å². The van der Waals surface area contributed by atoms with Crippen LogP contribution in [0.1, 0.15) is 45.4 Å². The minimum absolute atomic E-state index is 0.0460. The molecule has 1 amide bonds. The Hall–Kier alpha value is -1.47. The molecule has 0 heterocycles. The first-order valence-corrected chi connectivity index (χ1v) is 6.91. The highest BCUT2D eigenvalue weighted by molar-refractivity contribution is 5.83. The lowest BCUT2D eigenvalue weighted by atomic mass is 10.0. The quantitative estimate of drug-likeness (QED) is 0.388. The maximum atomic E-state index is 11.5. The topological polar surface area (TPSA) is 136 Å². The van der Waals surface area contributed by atoms with Crippen molar-refractivity contribution in [2.75, 3.05) is 6.54 Å². The summed E-state index contributed by atoms with van der Waals surface area (Å²) in [7, 11) is 0. The van der Waals surface area contributed by atoms with Gasteiger partial charge in [-0.1, -0.05) is 6.92 Å². The summed E-state index contributed by atoms with van der Waals surface area (Å²) in [5.41, 5.74) is 11.2. The molecule has 0 aromatic rings. The molecule has 0 aromatic carbocycles. The Morgan fingerprint density at radius 3 is 2.30 bits per heavy atom. The highest BCUT2D eigenvalue weighted by Crippen LogP contribution is 2.01. The fourth-order valence-electron chi connectivity index (χ4n) is 1.67. The SMILES string of the molecule is CCC(=O)C(N)CCCCNC(=O)[C@@H](N)CCC(=O)O. The number of aliphatic carboxylic acids is 1. The van der Waals surface area contributed by atoms with Gasteiger partial charge in [-0.05, 0) is 25.7 Å². The first-order valence-electron chi connectivity index (χ1n) is 6.91. The number of carboxylic acids is 1. The third-order valence-corrected chi connectivity index (χ3v) is 3.01. The number of nitrogens with one attached hydrogen (secondary N) is 1. The zero-order chi connectivity index (χ0) is 15.5. The predicted molar refractivity (Wildman–Crippen MR) is 75.0 cm³/mol. The van der Waals surface area contributed by atoms with Gasteiger partial charge in [0.1, 0.15) is 5.78 Å². The van der Waals surface area contributed by atoms with E-state index in [2.05, 4.69) is 5.32 Å². The largest absolute Gasteiger partial charge is 0.481 e. The van der Waals surface area contributed by atoms with Crippen molar-refractivity contribution >= 4 is 17.7 Å². The molecule has 0 aromatic heterocycles. The average Bonchev–Trinajstić information content (AvgIpc) is 2.42. The lowest BCUT2D eigenvalue weighted by Gasteiger charge is -2.12. The zero-order valence-corrected chi connectivity index (χ0v) is 11.9. The minimum Gasteiger partial charge on any atom is -0.481 e. The number of hydrogen-bond donors (Lipinski definition) is 4. The number of unbranched alkanes of at least 4 members (excludes halogenated alkanes) is 1. The van der Waals surface area contributed by atoms with E-state index in [-0.39, 0.29) is 24.5 Å². The first kappa shape index (κ1) is 18.5. The second-order valence-electron chi connectivity index (χ2n) is 4.75. The van der Waals surface area contributed by atoms with Gasteiger partial charge in [-0.2, -0.15) is 0 Å². The number of nitrogens with two attached hydrogens (primary N) is 2. The zero-order valence-electron chi connectivity index (χ0n) is 11.9. The number of carbonyl (C=O) groups is 3. The fourth-order valence-corrected chi connectivity index (χ4v) is 1.67. The number of Topliss-reactive ketones (excluding diaryl/α,β-unsaturated/α-hetero) is 1. The summed E-state index contributed by atoms with van der Waals surface area (Å²) in [6, 6.07) is -1.22. The molecule has 0 saturated heterocycles. The Morgan fingerprint density at radius 2 is 1.75 bits per heavy atom. The van der Waals surface area contributed by atoms with Gasteiger partial charge in [-0.15, -0.1) is 0 Å². The van der Waals surface area contributed by atoms with Crippen molar-refractivity contribution in [3.63, 3.8) is 0 Å². The Kier molecular flexibility index (Phi) is 9.57. The van der Waals surface area contributed by atoms with Crippen molar-refractivity contribution in [2.24, 2.45) is 11.5 Å². The third kappa shape index (κ3) is 8.60. The van der Waals surface area contributed by atoms with Gasteiger partial charge in [0.25, 0.3) is 0 Å². The Morgan fingerprint density at radius 1 is 1.10 bits per heavy atom. The van der Waals surface area contributed by atoms with Crippen LogP contribution in [0, 0.1) is 0 Å². The van der Waals surface area contributed by atoms with Crippen LogP contribution in [0.5, 0.6) is 0 Å². The number of rotatable bonds is 11. The molecule has 7 heteroatoms. The summed E-state index contributed by atoms with van der Waals surface area (Å²) in [5.74, 6) is -1.27. The van der Waals surface area contributed by atoms with E-state index >= 15 is 0 Å². The second kappa shape index (κ2) is 10.3.